The molecule has 2 aromatic heterocycles. The summed E-state index contributed by atoms with van der Waals surface area (Å²) >= 11 is 1.22. The molecule has 6 nitrogen and oxygen atoms in total. The van der Waals surface area contributed by atoms with Gasteiger partial charge in [-0.1, -0.05) is 11.3 Å². The van der Waals surface area contributed by atoms with Crippen molar-refractivity contribution in [2.24, 2.45) is 0 Å². The average molecular weight is 320 g/mol. The first-order valence-electron chi connectivity index (χ1n) is 7.13. The molecule has 3 rings (SSSR count). The molecule has 0 saturated carbocycles. The van der Waals surface area contributed by atoms with Gasteiger partial charge in [0.05, 0.1) is 13.4 Å². The van der Waals surface area contributed by atoms with E-state index in [0.717, 1.165) is 25.9 Å². The summed E-state index contributed by atoms with van der Waals surface area (Å²) in [5.74, 6) is -0.750. The second kappa shape index (κ2) is 6.31. The zero-order valence-electron chi connectivity index (χ0n) is 12.2. The maximum Gasteiger partial charge on any atom is 0.358 e. The number of carbonyl (C=O) groups excluding carboxylic acids is 2. The number of hydrogen-bond acceptors (Lipinski definition) is 7. The number of methoxy groups -OCH3 is 1. The summed E-state index contributed by atoms with van der Waals surface area (Å²) < 4.78 is 9.89. The van der Waals surface area contributed by atoms with E-state index >= 15 is 0 Å². The Morgan fingerprint density at radius 3 is 2.73 bits per heavy atom. The van der Waals surface area contributed by atoms with E-state index in [1.807, 2.05) is 0 Å². The summed E-state index contributed by atoms with van der Waals surface area (Å²) in [6.07, 6.45) is 4.81. The molecule has 0 unspecified atom stereocenters. The van der Waals surface area contributed by atoms with Crippen LogP contribution < -0.4 is 4.90 Å². The molecule has 1 saturated heterocycles. The van der Waals surface area contributed by atoms with Gasteiger partial charge >= 0.3 is 5.97 Å². The van der Waals surface area contributed by atoms with Gasteiger partial charge in [0.25, 0.3) is 0 Å². The predicted molar refractivity (Wildman–Crippen MR) is 81.7 cm³/mol. The lowest BCUT2D eigenvalue weighted by atomic mass is 10.1. The highest BCUT2D eigenvalue weighted by molar-refractivity contribution is 7.18. The van der Waals surface area contributed by atoms with Gasteiger partial charge in [-0.25, -0.2) is 9.78 Å². The molecule has 0 spiro atoms. The number of rotatable bonds is 4. The van der Waals surface area contributed by atoms with Gasteiger partial charge in [0.15, 0.2) is 16.6 Å². The Morgan fingerprint density at radius 1 is 1.32 bits per heavy atom. The molecule has 0 atom stereocenters. The maximum absolute atomic E-state index is 12.5. The van der Waals surface area contributed by atoms with E-state index in [-0.39, 0.29) is 22.1 Å². The highest BCUT2D eigenvalue weighted by Gasteiger charge is 2.28. The van der Waals surface area contributed by atoms with Crippen LogP contribution in [0.5, 0.6) is 0 Å². The molecule has 7 heteroatoms. The first-order valence-corrected chi connectivity index (χ1v) is 7.94. The SMILES string of the molecule is COC(=O)c1nc(N2CCCCC2)sc1C(=O)c1ccco1. The largest absolute Gasteiger partial charge is 0.464 e. The van der Waals surface area contributed by atoms with Crippen molar-refractivity contribution in [1.82, 2.24) is 4.98 Å². The smallest absolute Gasteiger partial charge is 0.358 e. The Morgan fingerprint density at radius 2 is 2.09 bits per heavy atom. The van der Waals surface area contributed by atoms with Gasteiger partial charge < -0.3 is 14.1 Å². The average Bonchev–Trinajstić information content (AvgIpc) is 3.24. The van der Waals surface area contributed by atoms with E-state index in [4.69, 9.17) is 9.15 Å². The van der Waals surface area contributed by atoms with Crippen LogP contribution in [-0.4, -0.2) is 36.9 Å². The van der Waals surface area contributed by atoms with Crippen LogP contribution in [0.15, 0.2) is 22.8 Å². The monoisotopic (exact) mass is 320 g/mol. The van der Waals surface area contributed by atoms with Crippen LogP contribution in [0, 0.1) is 0 Å². The Hall–Kier alpha value is -2.15. The highest BCUT2D eigenvalue weighted by Crippen LogP contribution is 2.30. The fourth-order valence-electron chi connectivity index (χ4n) is 2.44. The minimum absolute atomic E-state index is 0.0643. The molecule has 2 aromatic rings. The minimum Gasteiger partial charge on any atom is -0.464 e. The van der Waals surface area contributed by atoms with Gasteiger partial charge in [0.2, 0.25) is 5.78 Å². The number of esters is 1. The quantitative estimate of drug-likeness (QED) is 0.637. The van der Waals surface area contributed by atoms with E-state index < -0.39 is 5.97 Å². The molecule has 0 aliphatic carbocycles. The number of carbonyl (C=O) groups is 2. The van der Waals surface area contributed by atoms with Gasteiger partial charge in [-0.15, -0.1) is 0 Å². The fraction of sp³-hybridized carbons (Fsp3) is 0.400. The number of anilines is 1. The first-order chi connectivity index (χ1) is 10.7. The molecule has 0 radical (unpaired) electrons. The zero-order chi connectivity index (χ0) is 15.5. The number of aromatic nitrogens is 1. The second-order valence-electron chi connectivity index (χ2n) is 5.02. The van der Waals surface area contributed by atoms with E-state index in [2.05, 4.69) is 9.88 Å². The molecule has 0 bridgehead atoms. The Bertz CT molecular complexity index is 672. The van der Waals surface area contributed by atoms with Crippen molar-refractivity contribution in [3.8, 4) is 0 Å². The van der Waals surface area contributed by atoms with Crippen molar-refractivity contribution in [1.29, 1.82) is 0 Å². The van der Waals surface area contributed by atoms with E-state index in [1.165, 1.54) is 31.1 Å². The third-order valence-corrected chi connectivity index (χ3v) is 4.69. The fourth-order valence-corrected chi connectivity index (χ4v) is 3.49. The van der Waals surface area contributed by atoms with Gasteiger partial charge in [0, 0.05) is 13.1 Å². The minimum atomic E-state index is -0.602. The number of hydrogen-bond donors (Lipinski definition) is 0. The second-order valence-corrected chi connectivity index (χ2v) is 6.00. The number of piperidine rings is 1. The summed E-state index contributed by atoms with van der Waals surface area (Å²) in [6, 6.07) is 3.21. The van der Waals surface area contributed by atoms with Crippen molar-refractivity contribution in [2.75, 3.05) is 25.1 Å². The number of furan rings is 1. The lowest BCUT2D eigenvalue weighted by Crippen LogP contribution is -2.29. The van der Waals surface area contributed by atoms with Crippen molar-refractivity contribution < 1.29 is 18.7 Å². The van der Waals surface area contributed by atoms with Crippen molar-refractivity contribution in [3.63, 3.8) is 0 Å². The number of nitrogens with zero attached hydrogens (tertiary/aromatic N) is 2. The lowest BCUT2D eigenvalue weighted by molar-refractivity contribution is 0.0591. The molecule has 1 fully saturated rings. The first kappa shape index (κ1) is 14.8. The predicted octanol–water partition coefficient (Wildman–Crippen LogP) is 2.74. The van der Waals surface area contributed by atoms with Gasteiger partial charge in [-0.2, -0.15) is 0 Å². The molecular weight excluding hydrogens is 304 g/mol. The lowest BCUT2D eigenvalue weighted by Gasteiger charge is -2.25. The molecule has 22 heavy (non-hydrogen) atoms. The van der Waals surface area contributed by atoms with Crippen molar-refractivity contribution in [3.05, 3.63) is 34.7 Å². The molecule has 0 aromatic carbocycles. The molecule has 1 aliphatic rings. The van der Waals surface area contributed by atoms with Crippen molar-refractivity contribution in [2.45, 2.75) is 19.3 Å². The maximum atomic E-state index is 12.5. The molecule has 0 amide bonds. The Labute approximate surface area is 131 Å². The molecule has 3 heterocycles. The highest BCUT2D eigenvalue weighted by atomic mass is 32.1. The standard InChI is InChI=1S/C15H16N2O4S/c1-20-14(19)11-13(12(18)10-6-5-9-21-10)22-15(16-11)17-7-3-2-4-8-17/h5-6,9H,2-4,7-8H2,1H3. The molecule has 116 valence electrons. The van der Waals surface area contributed by atoms with Crippen LogP contribution in [0.4, 0.5) is 5.13 Å². The number of ketones is 1. The number of thiazole rings is 1. The van der Waals surface area contributed by atoms with Crippen LogP contribution in [0.1, 0.15) is 45.2 Å². The topological polar surface area (TPSA) is 72.6 Å². The van der Waals surface area contributed by atoms with Crippen LogP contribution in [0.3, 0.4) is 0 Å². The van der Waals surface area contributed by atoms with Crippen LogP contribution in [-0.2, 0) is 4.74 Å². The van der Waals surface area contributed by atoms with E-state index in [0.29, 0.717) is 5.13 Å². The third kappa shape index (κ3) is 2.76. The Balaban J connectivity index is 1.97. The van der Waals surface area contributed by atoms with Crippen molar-refractivity contribution >= 4 is 28.2 Å². The molecular formula is C15H16N2O4S. The molecule has 0 N–H and O–H groups in total. The summed E-state index contributed by atoms with van der Waals surface area (Å²) in [7, 11) is 1.28. The normalized spacial score (nSPS) is 14.9. The third-order valence-electron chi connectivity index (χ3n) is 3.57. The summed E-state index contributed by atoms with van der Waals surface area (Å²) in [6.45, 7) is 1.78. The summed E-state index contributed by atoms with van der Waals surface area (Å²) in [5.41, 5.74) is 0.0643. The van der Waals surface area contributed by atoms with Gasteiger partial charge in [-0.3, -0.25) is 4.79 Å². The van der Waals surface area contributed by atoms with E-state index in [1.54, 1.807) is 12.1 Å². The Kier molecular flexibility index (Phi) is 4.24. The summed E-state index contributed by atoms with van der Waals surface area (Å²) in [4.78, 5) is 31.1. The van der Waals surface area contributed by atoms with Gasteiger partial charge in [0.1, 0.15) is 4.88 Å². The summed E-state index contributed by atoms with van der Waals surface area (Å²) in [5, 5.41) is 0.690. The van der Waals surface area contributed by atoms with Crippen LogP contribution in [0.2, 0.25) is 0 Å². The number of ether oxygens (including phenoxy) is 1. The van der Waals surface area contributed by atoms with Gasteiger partial charge in [-0.05, 0) is 31.4 Å². The zero-order valence-corrected chi connectivity index (χ0v) is 13.0. The molecule has 1 aliphatic heterocycles. The van der Waals surface area contributed by atoms with E-state index in [9.17, 15) is 9.59 Å². The van der Waals surface area contributed by atoms with Crippen LogP contribution >= 0.6 is 11.3 Å². The van der Waals surface area contributed by atoms with Crippen LogP contribution in [0.25, 0.3) is 0 Å².